The molecule has 0 spiro atoms. The van der Waals surface area contributed by atoms with E-state index in [0.717, 1.165) is 18.7 Å². The summed E-state index contributed by atoms with van der Waals surface area (Å²) < 4.78 is 5.75. The van der Waals surface area contributed by atoms with Crippen LogP contribution in [-0.2, 0) is 20.9 Å². The Morgan fingerprint density at radius 1 is 1.30 bits per heavy atom. The topological polar surface area (TPSA) is 138 Å². The van der Waals surface area contributed by atoms with Gasteiger partial charge in [0.15, 0.2) is 5.03 Å². The first kappa shape index (κ1) is 24.5. The number of nitrogens with two attached hydrogens (primary N) is 2. The average Bonchev–Trinajstić information content (AvgIpc) is 2.71. The summed E-state index contributed by atoms with van der Waals surface area (Å²) in [4.78, 5) is 25.2. The number of thioether (sulfide) groups is 1. The lowest BCUT2D eigenvalue weighted by molar-refractivity contribution is -0.284. The van der Waals surface area contributed by atoms with Gasteiger partial charge in [0, 0.05) is 32.3 Å². The van der Waals surface area contributed by atoms with E-state index in [1.165, 1.54) is 17.8 Å². The van der Waals surface area contributed by atoms with Gasteiger partial charge in [-0.25, -0.2) is 0 Å². The summed E-state index contributed by atoms with van der Waals surface area (Å²) in [6.45, 7) is 3.25. The quantitative estimate of drug-likeness (QED) is 0.302. The number of nitrogens with one attached hydrogen (secondary N) is 1. The molecule has 0 aliphatic carbocycles. The van der Waals surface area contributed by atoms with E-state index in [1.807, 2.05) is 12.1 Å². The zero-order chi connectivity index (χ0) is 22.1. The summed E-state index contributed by atoms with van der Waals surface area (Å²) in [5, 5.41) is 4.54. The molecule has 1 aromatic carbocycles. The van der Waals surface area contributed by atoms with Gasteiger partial charge in [0.2, 0.25) is 5.91 Å². The van der Waals surface area contributed by atoms with E-state index < -0.39 is 5.91 Å². The highest BCUT2D eigenvalue weighted by molar-refractivity contribution is 8.03. The molecule has 164 valence electrons. The van der Waals surface area contributed by atoms with Crippen LogP contribution in [0.1, 0.15) is 5.56 Å². The summed E-state index contributed by atoms with van der Waals surface area (Å²) in [5.41, 5.74) is 15.3. The van der Waals surface area contributed by atoms with Gasteiger partial charge in [0.05, 0.1) is 34.2 Å². The van der Waals surface area contributed by atoms with E-state index >= 15 is 0 Å². The smallest absolute Gasteiger partial charge is 0.264 e. The van der Waals surface area contributed by atoms with Crippen LogP contribution in [0, 0.1) is 0 Å². The Hall–Kier alpha value is -1.75. The van der Waals surface area contributed by atoms with Crippen molar-refractivity contribution in [2.45, 2.75) is 12.6 Å². The van der Waals surface area contributed by atoms with Gasteiger partial charge in [0.1, 0.15) is 0 Å². The number of rotatable bonds is 9. The van der Waals surface area contributed by atoms with Crippen LogP contribution in [0.15, 0.2) is 41.1 Å². The van der Waals surface area contributed by atoms with Gasteiger partial charge >= 0.3 is 0 Å². The van der Waals surface area contributed by atoms with E-state index in [2.05, 4.69) is 16.0 Å². The van der Waals surface area contributed by atoms with Crippen LogP contribution >= 0.6 is 35.0 Å². The largest absolute Gasteiger partial charge is 0.394 e. The van der Waals surface area contributed by atoms with Gasteiger partial charge < -0.3 is 27.3 Å². The van der Waals surface area contributed by atoms with Crippen molar-refractivity contribution in [3.63, 3.8) is 0 Å². The summed E-state index contributed by atoms with van der Waals surface area (Å²) in [6.07, 6.45) is 2.82. The summed E-state index contributed by atoms with van der Waals surface area (Å²) in [6, 6.07) is 5.61. The molecule has 30 heavy (non-hydrogen) atoms. The molecule has 11 heteroatoms. The van der Waals surface area contributed by atoms with Crippen molar-refractivity contribution in [1.29, 1.82) is 0 Å². The highest BCUT2D eigenvalue weighted by atomic mass is 35.5. The van der Waals surface area contributed by atoms with Crippen molar-refractivity contribution in [1.82, 2.24) is 10.2 Å². The Labute approximate surface area is 189 Å². The zero-order valence-electron chi connectivity index (χ0n) is 16.4. The maximum atomic E-state index is 12.1. The van der Waals surface area contributed by atoms with Gasteiger partial charge in [-0.3, -0.25) is 14.5 Å². The summed E-state index contributed by atoms with van der Waals surface area (Å²) >= 11 is 13.3. The number of carbonyl (C=O) groups excluding carboxylic acids is 2. The average molecular weight is 475 g/mol. The van der Waals surface area contributed by atoms with Gasteiger partial charge in [-0.2, -0.15) is 0 Å². The molecular weight excluding hydrogens is 449 g/mol. The Kier molecular flexibility index (Phi) is 9.96. The number of primary amides is 1. The number of benzene rings is 1. The number of halogens is 2. The molecule has 1 fully saturated rings. The van der Waals surface area contributed by atoms with Gasteiger partial charge in [0.25, 0.3) is 5.91 Å². The lowest BCUT2D eigenvalue weighted by atomic mass is 10.2. The number of nitrogens with zero attached hydrogens (tertiary/aromatic N) is 1. The number of hydrogen-bond acceptors (Lipinski definition) is 6. The minimum absolute atomic E-state index is 0.0684. The van der Waals surface area contributed by atoms with Gasteiger partial charge in [-0.05, 0) is 23.8 Å². The molecule has 0 bridgehead atoms. The predicted octanol–water partition coefficient (Wildman–Crippen LogP) is 0.455. The fraction of sp³-hybridized carbons (Fsp3) is 0.368. The van der Waals surface area contributed by atoms with E-state index in [0.29, 0.717) is 34.8 Å². The van der Waals surface area contributed by atoms with Crippen LogP contribution < -0.4 is 22.5 Å². The molecule has 1 aliphatic heterocycles. The van der Waals surface area contributed by atoms with Crippen LogP contribution in [-0.4, -0.2) is 54.8 Å². The minimum Gasteiger partial charge on any atom is -0.394 e. The molecular formula is C19H26Cl2N5O3S+. The highest BCUT2D eigenvalue weighted by Crippen LogP contribution is 2.23. The number of quaternary nitrogens is 1. The van der Waals surface area contributed by atoms with E-state index in [9.17, 15) is 9.59 Å². The molecule has 8 N–H and O–H groups in total. The fourth-order valence-electron chi connectivity index (χ4n) is 2.69. The molecule has 8 nitrogen and oxygen atoms in total. The maximum Gasteiger partial charge on any atom is 0.264 e. The van der Waals surface area contributed by atoms with Crippen molar-refractivity contribution < 1.29 is 20.1 Å². The molecule has 1 aromatic rings. The third-order valence-electron chi connectivity index (χ3n) is 4.26. The van der Waals surface area contributed by atoms with Crippen LogP contribution in [0.3, 0.4) is 0 Å². The van der Waals surface area contributed by atoms with E-state index in [4.69, 9.17) is 39.4 Å². The van der Waals surface area contributed by atoms with Crippen molar-refractivity contribution in [3.8, 4) is 0 Å². The monoisotopic (exact) mass is 474 g/mol. The van der Waals surface area contributed by atoms with Crippen molar-refractivity contribution >= 4 is 46.8 Å². The van der Waals surface area contributed by atoms with Gasteiger partial charge in [-0.15, -0.1) is 0 Å². The number of allylic oxidation sites excluding steroid dienone is 2. The third kappa shape index (κ3) is 8.55. The third-order valence-corrected chi connectivity index (χ3v) is 5.91. The number of ether oxygens (including phenoxy) is 1. The molecule has 0 radical (unpaired) electrons. The van der Waals surface area contributed by atoms with Crippen LogP contribution in [0.25, 0.3) is 0 Å². The fourth-order valence-corrected chi connectivity index (χ4v) is 3.60. The summed E-state index contributed by atoms with van der Waals surface area (Å²) in [5.74, 6) is -0.645. The highest BCUT2D eigenvalue weighted by Gasteiger charge is 2.21. The molecule has 0 aromatic heterocycles. The number of amides is 2. The summed E-state index contributed by atoms with van der Waals surface area (Å²) in [7, 11) is 0. The second kappa shape index (κ2) is 12.2. The van der Waals surface area contributed by atoms with Gasteiger partial charge in [-0.1, -0.05) is 41.0 Å². The predicted molar refractivity (Wildman–Crippen MR) is 119 cm³/mol. The van der Waals surface area contributed by atoms with E-state index in [1.54, 1.807) is 12.1 Å². The second-order valence-electron chi connectivity index (χ2n) is 6.69. The molecule has 1 atom stereocenters. The first-order chi connectivity index (χ1) is 14.2. The number of carbonyl (C=O) groups is 2. The SMILES string of the molecule is NC(=O)/C(N)=C/C=C(\[NH3+])SCC(=O)NCC1CN(Cc2ccc(Cl)c(Cl)c2)CCO1. The normalized spacial score (nSPS) is 18.3. The molecule has 0 saturated carbocycles. The zero-order valence-corrected chi connectivity index (χ0v) is 18.7. The van der Waals surface area contributed by atoms with Crippen molar-refractivity contribution in [3.05, 3.63) is 56.7 Å². The van der Waals surface area contributed by atoms with Crippen LogP contribution in [0.5, 0.6) is 0 Å². The van der Waals surface area contributed by atoms with Crippen molar-refractivity contribution in [2.75, 3.05) is 32.0 Å². The second-order valence-corrected chi connectivity index (χ2v) is 8.60. The Bertz CT molecular complexity index is 834. The Morgan fingerprint density at radius 3 is 2.77 bits per heavy atom. The molecule has 1 saturated heterocycles. The first-order valence-corrected chi connectivity index (χ1v) is 11.0. The Morgan fingerprint density at radius 2 is 2.07 bits per heavy atom. The lowest BCUT2D eigenvalue weighted by Gasteiger charge is -2.33. The standard InChI is InChI=1S/C19H25Cl2N5O3S/c20-14-2-1-12(7-15(14)21)9-26-5-6-29-13(10-26)8-25-18(27)11-30-17(23)4-3-16(22)19(24)28/h1-4,7,13H,5-6,8-11,22-23H2,(H2,24,28)(H,25,27)/p+1/b16-3-,17-4+. The van der Waals surface area contributed by atoms with Crippen LogP contribution in [0.2, 0.25) is 10.0 Å². The van der Waals surface area contributed by atoms with Crippen LogP contribution in [0.4, 0.5) is 0 Å². The van der Waals surface area contributed by atoms with Crippen molar-refractivity contribution in [2.24, 2.45) is 11.5 Å². The minimum atomic E-state index is -0.706. The Balaban J connectivity index is 1.73. The molecule has 1 heterocycles. The van der Waals surface area contributed by atoms with E-state index in [-0.39, 0.29) is 23.5 Å². The maximum absolute atomic E-state index is 12.1. The number of hydrogen-bond donors (Lipinski definition) is 4. The molecule has 1 unspecified atom stereocenters. The first-order valence-electron chi connectivity index (χ1n) is 9.21. The molecule has 2 amide bonds. The lowest BCUT2D eigenvalue weighted by Crippen LogP contribution is -2.48. The molecule has 2 rings (SSSR count). The number of morpholine rings is 1. The molecule has 1 aliphatic rings.